The van der Waals surface area contributed by atoms with Crippen LogP contribution < -0.4 is 5.32 Å². The first kappa shape index (κ1) is 9.37. The Morgan fingerprint density at radius 2 is 2.10 bits per heavy atom. The van der Waals surface area contributed by atoms with Gasteiger partial charge < -0.3 is 5.32 Å². The molecular weight excluding hydrogens is 142 g/mol. The first-order valence-corrected chi connectivity index (χ1v) is 3.73. The SMILES string of the molecule is C/C=C\CNC(=S)/C=C/C. The molecule has 0 bridgehead atoms. The molecule has 0 rings (SSSR count). The van der Waals surface area contributed by atoms with Crippen LogP contribution in [0.2, 0.25) is 0 Å². The fraction of sp³-hybridized carbons (Fsp3) is 0.375. The molecule has 56 valence electrons. The number of nitrogens with one attached hydrogen (secondary N) is 1. The lowest BCUT2D eigenvalue weighted by molar-refractivity contribution is 1.06. The van der Waals surface area contributed by atoms with Crippen molar-refractivity contribution < 1.29 is 0 Å². The van der Waals surface area contributed by atoms with E-state index in [2.05, 4.69) is 5.32 Å². The molecular formula is C8H13NS. The first-order valence-electron chi connectivity index (χ1n) is 3.33. The molecule has 0 unspecified atom stereocenters. The maximum atomic E-state index is 4.93. The molecule has 0 aliphatic heterocycles. The molecule has 1 nitrogen and oxygen atoms in total. The average molecular weight is 155 g/mol. The zero-order valence-corrected chi connectivity index (χ0v) is 7.24. The normalized spacial score (nSPS) is 11.0. The van der Waals surface area contributed by atoms with Gasteiger partial charge in [0, 0.05) is 6.54 Å². The van der Waals surface area contributed by atoms with Crippen LogP contribution >= 0.6 is 12.2 Å². The van der Waals surface area contributed by atoms with Crippen LogP contribution in [-0.4, -0.2) is 11.5 Å². The summed E-state index contributed by atoms with van der Waals surface area (Å²) >= 11 is 4.93. The van der Waals surface area contributed by atoms with Crippen molar-refractivity contribution in [2.75, 3.05) is 6.54 Å². The van der Waals surface area contributed by atoms with E-state index in [-0.39, 0.29) is 0 Å². The van der Waals surface area contributed by atoms with Crippen molar-refractivity contribution in [2.45, 2.75) is 13.8 Å². The van der Waals surface area contributed by atoms with E-state index in [1.54, 1.807) is 0 Å². The van der Waals surface area contributed by atoms with E-state index in [0.29, 0.717) is 0 Å². The van der Waals surface area contributed by atoms with Crippen LogP contribution in [0.25, 0.3) is 0 Å². The molecule has 0 fully saturated rings. The van der Waals surface area contributed by atoms with Crippen molar-refractivity contribution in [3.05, 3.63) is 24.3 Å². The summed E-state index contributed by atoms with van der Waals surface area (Å²) in [6, 6.07) is 0. The third-order valence-electron chi connectivity index (χ3n) is 0.948. The van der Waals surface area contributed by atoms with Gasteiger partial charge in [0.25, 0.3) is 0 Å². The Balaban J connectivity index is 3.40. The Labute approximate surface area is 67.8 Å². The van der Waals surface area contributed by atoms with Gasteiger partial charge in [0.2, 0.25) is 0 Å². The molecule has 0 saturated carbocycles. The molecule has 0 aromatic heterocycles. The molecule has 2 heteroatoms. The maximum absolute atomic E-state index is 4.93. The van der Waals surface area contributed by atoms with Crippen molar-refractivity contribution in [3.63, 3.8) is 0 Å². The number of rotatable bonds is 3. The van der Waals surface area contributed by atoms with Gasteiger partial charge in [-0.3, -0.25) is 0 Å². The van der Waals surface area contributed by atoms with Crippen molar-refractivity contribution in [2.24, 2.45) is 0 Å². The quantitative estimate of drug-likeness (QED) is 0.380. The number of allylic oxidation sites excluding steroid dienone is 2. The summed E-state index contributed by atoms with van der Waals surface area (Å²) in [5, 5.41) is 3.04. The molecule has 10 heavy (non-hydrogen) atoms. The van der Waals surface area contributed by atoms with Gasteiger partial charge in [-0.1, -0.05) is 30.4 Å². The minimum absolute atomic E-state index is 0.792. The third-order valence-corrected chi connectivity index (χ3v) is 1.23. The molecule has 0 aliphatic rings. The lowest BCUT2D eigenvalue weighted by atomic mass is 10.5. The minimum atomic E-state index is 0.792. The third kappa shape index (κ3) is 5.51. The van der Waals surface area contributed by atoms with Crippen molar-refractivity contribution in [3.8, 4) is 0 Å². The first-order chi connectivity index (χ1) is 4.81. The Morgan fingerprint density at radius 1 is 1.40 bits per heavy atom. The lowest BCUT2D eigenvalue weighted by Crippen LogP contribution is -2.18. The van der Waals surface area contributed by atoms with Gasteiger partial charge >= 0.3 is 0 Å². The zero-order valence-electron chi connectivity index (χ0n) is 6.42. The molecule has 0 heterocycles. The Kier molecular flexibility index (Phi) is 6.08. The average Bonchev–Trinajstić information content (AvgIpc) is 1.89. The second kappa shape index (κ2) is 6.49. The fourth-order valence-electron chi connectivity index (χ4n) is 0.488. The molecule has 0 aliphatic carbocycles. The Bertz CT molecular complexity index is 147. The van der Waals surface area contributed by atoms with Crippen LogP contribution in [0.3, 0.4) is 0 Å². The summed E-state index contributed by atoms with van der Waals surface area (Å²) in [7, 11) is 0. The smallest absolute Gasteiger partial charge is 0.0987 e. The van der Waals surface area contributed by atoms with E-state index < -0.39 is 0 Å². The largest absolute Gasteiger partial charge is 0.373 e. The van der Waals surface area contributed by atoms with Crippen LogP contribution in [0.15, 0.2) is 24.3 Å². The molecule has 0 atom stereocenters. The summed E-state index contributed by atoms with van der Waals surface area (Å²) in [6.45, 7) is 4.75. The van der Waals surface area contributed by atoms with Crippen LogP contribution in [0.5, 0.6) is 0 Å². The standard InChI is InChI=1S/C8H13NS/c1-3-5-7-9-8(10)6-4-2/h3-6H,7H2,1-2H3,(H,9,10)/b5-3-,6-4+. The second-order valence-corrected chi connectivity index (χ2v) is 2.25. The van der Waals surface area contributed by atoms with E-state index in [0.717, 1.165) is 11.5 Å². The molecule has 0 radical (unpaired) electrons. The van der Waals surface area contributed by atoms with E-state index >= 15 is 0 Å². The lowest BCUT2D eigenvalue weighted by Gasteiger charge is -1.97. The summed E-state index contributed by atoms with van der Waals surface area (Å²) in [4.78, 5) is 0.792. The molecule has 0 aromatic rings. The van der Waals surface area contributed by atoms with Crippen LogP contribution in [0, 0.1) is 0 Å². The molecule has 1 N–H and O–H groups in total. The van der Waals surface area contributed by atoms with Gasteiger partial charge in [0.05, 0.1) is 4.99 Å². The van der Waals surface area contributed by atoms with E-state index in [1.165, 1.54) is 0 Å². The van der Waals surface area contributed by atoms with Gasteiger partial charge in [-0.05, 0) is 19.9 Å². The van der Waals surface area contributed by atoms with Crippen molar-refractivity contribution in [1.82, 2.24) is 5.32 Å². The number of thiocarbonyl (C=S) groups is 1. The monoisotopic (exact) mass is 155 g/mol. The van der Waals surface area contributed by atoms with Crippen LogP contribution in [0.1, 0.15) is 13.8 Å². The second-order valence-electron chi connectivity index (χ2n) is 1.81. The summed E-state index contributed by atoms with van der Waals surface area (Å²) in [6.07, 6.45) is 7.81. The van der Waals surface area contributed by atoms with Gasteiger partial charge in [-0.25, -0.2) is 0 Å². The number of hydrogen-bond donors (Lipinski definition) is 1. The summed E-state index contributed by atoms with van der Waals surface area (Å²) in [5.74, 6) is 0. The molecule has 0 aromatic carbocycles. The Hall–Kier alpha value is -0.630. The molecule has 0 saturated heterocycles. The zero-order chi connectivity index (χ0) is 7.82. The van der Waals surface area contributed by atoms with Gasteiger partial charge in [0.15, 0.2) is 0 Å². The van der Waals surface area contributed by atoms with E-state index in [9.17, 15) is 0 Å². The van der Waals surface area contributed by atoms with Crippen molar-refractivity contribution >= 4 is 17.2 Å². The predicted octanol–water partition coefficient (Wildman–Crippen LogP) is 2.06. The fourth-order valence-corrected chi connectivity index (χ4v) is 0.707. The maximum Gasteiger partial charge on any atom is 0.0987 e. The topological polar surface area (TPSA) is 12.0 Å². The highest BCUT2D eigenvalue weighted by atomic mass is 32.1. The van der Waals surface area contributed by atoms with Gasteiger partial charge in [-0.15, -0.1) is 0 Å². The van der Waals surface area contributed by atoms with E-state index in [1.807, 2.05) is 38.2 Å². The van der Waals surface area contributed by atoms with Crippen LogP contribution in [0.4, 0.5) is 0 Å². The van der Waals surface area contributed by atoms with Gasteiger partial charge in [-0.2, -0.15) is 0 Å². The summed E-state index contributed by atoms with van der Waals surface area (Å²) in [5.41, 5.74) is 0. The van der Waals surface area contributed by atoms with Crippen LogP contribution in [-0.2, 0) is 0 Å². The van der Waals surface area contributed by atoms with Crippen molar-refractivity contribution in [1.29, 1.82) is 0 Å². The van der Waals surface area contributed by atoms with E-state index in [4.69, 9.17) is 12.2 Å². The molecule has 0 spiro atoms. The highest BCUT2D eigenvalue weighted by Crippen LogP contribution is 1.76. The Morgan fingerprint density at radius 3 is 2.60 bits per heavy atom. The highest BCUT2D eigenvalue weighted by molar-refractivity contribution is 7.80. The number of hydrogen-bond acceptors (Lipinski definition) is 1. The summed E-state index contributed by atoms with van der Waals surface area (Å²) < 4.78 is 0. The van der Waals surface area contributed by atoms with Gasteiger partial charge in [0.1, 0.15) is 0 Å². The predicted molar refractivity (Wildman–Crippen MR) is 50.2 cm³/mol. The minimum Gasteiger partial charge on any atom is -0.373 e. The molecule has 0 amide bonds. The highest BCUT2D eigenvalue weighted by Gasteiger charge is 1.82.